The Balaban J connectivity index is 2.18. The van der Waals surface area contributed by atoms with Crippen LogP contribution < -0.4 is 4.74 Å². The molecule has 0 N–H and O–H groups in total. The lowest BCUT2D eigenvalue weighted by Gasteiger charge is -2.31. The molecule has 0 bridgehead atoms. The normalized spacial score (nSPS) is 22.7. The summed E-state index contributed by atoms with van der Waals surface area (Å²) >= 11 is 0. The molecule has 0 radical (unpaired) electrons. The van der Waals surface area contributed by atoms with E-state index in [4.69, 9.17) is 9.47 Å². The Hall–Kier alpha value is -1.51. The van der Waals surface area contributed by atoms with Crippen molar-refractivity contribution in [3.8, 4) is 5.75 Å². The predicted molar refractivity (Wildman–Crippen MR) is 83.6 cm³/mol. The summed E-state index contributed by atoms with van der Waals surface area (Å²) in [5.74, 6) is 0.979. The zero-order chi connectivity index (χ0) is 15.5. The van der Waals surface area contributed by atoms with Crippen LogP contribution in [0.2, 0.25) is 0 Å². The van der Waals surface area contributed by atoms with Crippen LogP contribution in [-0.2, 0) is 9.53 Å². The number of hydrogen-bond acceptors (Lipinski definition) is 3. The van der Waals surface area contributed by atoms with Crippen LogP contribution in [0.3, 0.4) is 0 Å². The van der Waals surface area contributed by atoms with E-state index < -0.39 is 0 Å². The molecule has 116 valence electrons. The number of rotatable bonds is 3. The number of hydrogen-bond donors (Lipinski definition) is 0. The lowest BCUT2D eigenvalue weighted by molar-refractivity contribution is -0.148. The van der Waals surface area contributed by atoms with E-state index in [2.05, 4.69) is 12.1 Å². The topological polar surface area (TPSA) is 35.5 Å². The minimum Gasteiger partial charge on any atom is -0.488 e. The summed E-state index contributed by atoms with van der Waals surface area (Å²) in [5, 5.41) is 0. The number of carbonyl (C=O) groups is 1. The highest BCUT2D eigenvalue weighted by molar-refractivity contribution is 5.66. The smallest absolute Gasteiger partial charge is 0.302 e. The van der Waals surface area contributed by atoms with Crippen molar-refractivity contribution in [3.63, 3.8) is 0 Å². The summed E-state index contributed by atoms with van der Waals surface area (Å²) in [5.41, 5.74) is 1.00. The Morgan fingerprint density at radius 1 is 1.19 bits per heavy atom. The first-order valence-corrected chi connectivity index (χ1v) is 7.81. The van der Waals surface area contributed by atoms with Gasteiger partial charge in [-0.15, -0.1) is 0 Å². The summed E-state index contributed by atoms with van der Waals surface area (Å²) in [7, 11) is 0. The predicted octanol–water partition coefficient (Wildman–Crippen LogP) is 4.45. The van der Waals surface area contributed by atoms with Gasteiger partial charge in [0.2, 0.25) is 0 Å². The maximum atomic E-state index is 11.3. The molecule has 0 saturated heterocycles. The number of esters is 1. The summed E-state index contributed by atoms with van der Waals surface area (Å²) in [6.07, 6.45) is 4.34. The SMILES string of the molecule is CC(=O)O[C@@H]1CCCC[C@H]1c1cccc(OC(C)(C)C)c1. The second-order valence-corrected chi connectivity index (χ2v) is 6.83. The third-order valence-electron chi connectivity index (χ3n) is 3.73. The molecule has 0 unspecified atom stereocenters. The summed E-state index contributed by atoms with van der Waals surface area (Å²) in [6.45, 7) is 7.62. The molecule has 1 aliphatic rings. The van der Waals surface area contributed by atoms with Gasteiger partial charge >= 0.3 is 5.97 Å². The van der Waals surface area contributed by atoms with Crippen molar-refractivity contribution in [1.82, 2.24) is 0 Å². The Morgan fingerprint density at radius 2 is 1.90 bits per heavy atom. The van der Waals surface area contributed by atoms with E-state index in [1.165, 1.54) is 18.9 Å². The zero-order valence-corrected chi connectivity index (χ0v) is 13.5. The molecular formula is C18H26O3. The molecule has 0 amide bonds. The van der Waals surface area contributed by atoms with E-state index in [9.17, 15) is 4.79 Å². The molecule has 1 fully saturated rings. The van der Waals surface area contributed by atoms with Crippen LogP contribution in [0.4, 0.5) is 0 Å². The Morgan fingerprint density at radius 3 is 2.57 bits per heavy atom. The van der Waals surface area contributed by atoms with Gasteiger partial charge in [-0.3, -0.25) is 4.79 Å². The van der Waals surface area contributed by atoms with Gasteiger partial charge in [-0.05, 0) is 57.7 Å². The van der Waals surface area contributed by atoms with Crippen molar-refractivity contribution in [1.29, 1.82) is 0 Å². The van der Waals surface area contributed by atoms with E-state index >= 15 is 0 Å². The van der Waals surface area contributed by atoms with Crippen molar-refractivity contribution in [2.24, 2.45) is 0 Å². The summed E-state index contributed by atoms with van der Waals surface area (Å²) in [4.78, 5) is 11.3. The molecule has 0 spiro atoms. The van der Waals surface area contributed by atoms with Gasteiger partial charge in [-0.1, -0.05) is 18.6 Å². The zero-order valence-electron chi connectivity index (χ0n) is 13.5. The molecule has 1 saturated carbocycles. The maximum absolute atomic E-state index is 11.3. The van der Waals surface area contributed by atoms with E-state index in [1.807, 2.05) is 32.9 Å². The average Bonchev–Trinajstić information content (AvgIpc) is 2.37. The minimum atomic E-state index is -0.208. The quantitative estimate of drug-likeness (QED) is 0.771. The highest BCUT2D eigenvalue weighted by atomic mass is 16.5. The Labute approximate surface area is 127 Å². The van der Waals surface area contributed by atoms with Gasteiger partial charge < -0.3 is 9.47 Å². The monoisotopic (exact) mass is 290 g/mol. The summed E-state index contributed by atoms with van der Waals surface area (Å²) < 4.78 is 11.5. The number of carbonyl (C=O) groups excluding carboxylic acids is 1. The lowest BCUT2D eigenvalue weighted by atomic mass is 9.81. The van der Waals surface area contributed by atoms with Crippen LogP contribution >= 0.6 is 0 Å². The molecule has 2 rings (SSSR count). The average molecular weight is 290 g/mol. The van der Waals surface area contributed by atoms with Gasteiger partial charge in [0.1, 0.15) is 17.5 Å². The molecule has 3 heteroatoms. The van der Waals surface area contributed by atoms with Gasteiger partial charge in [-0.2, -0.15) is 0 Å². The molecule has 1 aromatic rings. The van der Waals surface area contributed by atoms with Gasteiger partial charge in [0.25, 0.3) is 0 Å². The fraction of sp³-hybridized carbons (Fsp3) is 0.611. The first-order chi connectivity index (χ1) is 9.85. The molecule has 3 nitrogen and oxygen atoms in total. The minimum absolute atomic E-state index is 0.00105. The Kier molecular flexibility index (Phi) is 4.92. The van der Waals surface area contributed by atoms with E-state index in [1.54, 1.807) is 0 Å². The first-order valence-electron chi connectivity index (χ1n) is 7.81. The lowest BCUT2D eigenvalue weighted by Crippen LogP contribution is -2.28. The number of benzene rings is 1. The summed E-state index contributed by atoms with van der Waals surface area (Å²) in [6, 6.07) is 8.22. The van der Waals surface area contributed by atoms with E-state index in [0.717, 1.165) is 25.0 Å². The van der Waals surface area contributed by atoms with Crippen LogP contribution in [0, 0.1) is 0 Å². The third kappa shape index (κ3) is 4.76. The van der Waals surface area contributed by atoms with Gasteiger partial charge in [-0.25, -0.2) is 0 Å². The van der Waals surface area contributed by atoms with Crippen LogP contribution in [-0.4, -0.2) is 17.7 Å². The Bertz CT molecular complexity index is 487. The standard InChI is InChI=1S/C18H26O3/c1-13(19)20-17-11-6-5-10-16(17)14-8-7-9-15(12-14)21-18(2,3)4/h7-9,12,16-17H,5-6,10-11H2,1-4H3/t16-,17+/m0/s1. The van der Waals surface area contributed by atoms with Crippen molar-refractivity contribution in [3.05, 3.63) is 29.8 Å². The maximum Gasteiger partial charge on any atom is 0.302 e. The number of ether oxygens (including phenoxy) is 2. The van der Waals surface area contributed by atoms with Gasteiger partial charge in [0, 0.05) is 12.8 Å². The highest BCUT2D eigenvalue weighted by Gasteiger charge is 2.29. The fourth-order valence-corrected chi connectivity index (χ4v) is 2.99. The second-order valence-electron chi connectivity index (χ2n) is 6.83. The van der Waals surface area contributed by atoms with E-state index in [-0.39, 0.29) is 23.6 Å². The van der Waals surface area contributed by atoms with Gasteiger partial charge in [0.05, 0.1) is 0 Å². The van der Waals surface area contributed by atoms with Crippen molar-refractivity contribution < 1.29 is 14.3 Å². The van der Waals surface area contributed by atoms with Crippen molar-refractivity contribution in [2.75, 3.05) is 0 Å². The fourth-order valence-electron chi connectivity index (χ4n) is 2.99. The molecule has 2 atom stereocenters. The van der Waals surface area contributed by atoms with Gasteiger partial charge in [0.15, 0.2) is 0 Å². The molecule has 0 heterocycles. The van der Waals surface area contributed by atoms with E-state index in [0.29, 0.717) is 0 Å². The molecule has 0 aromatic heterocycles. The molecule has 0 aliphatic heterocycles. The van der Waals surface area contributed by atoms with Crippen molar-refractivity contribution in [2.45, 2.75) is 71.0 Å². The third-order valence-corrected chi connectivity index (χ3v) is 3.73. The first kappa shape index (κ1) is 15.9. The van der Waals surface area contributed by atoms with Crippen LogP contribution in [0.1, 0.15) is 64.9 Å². The van der Waals surface area contributed by atoms with Crippen LogP contribution in [0.5, 0.6) is 5.75 Å². The highest BCUT2D eigenvalue weighted by Crippen LogP contribution is 2.36. The van der Waals surface area contributed by atoms with Crippen LogP contribution in [0.25, 0.3) is 0 Å². The second kappa shape index (κ2) is 6.50. The largest absolute Gasteiger partial charge is 0.488 e. The molecular weight excluding hydrogens is 264 g/mol. The molecule has 21 heavy (non-hydrogen) atoms. The molecule has 1 aliphatic carbocycles. The van der Waals surface area contributed by atoms with Crippen LogP contribution in [0.15, 0.2) is 24.3 Å². The van der Waals surface area contributed by atoms with Crippen molar-refractivity contribution >= 4 is 5.97 Å². The molecule has 1 aromatic carbocycles.